The number of fused-ring (bicyclic) bond motifs is 2. The van der Waals surface area contributed by atoms with Crippen molar-refractivity contribution in [1.82, 2.24) is 24.6 Å². The van der Waals surface area contributed by atoms with Gasteiger partial charge in [0.15, 0.2) is 5.69 Å². The molecule has 4 fully saturated rings. The number of carbonyl (C=O) groups excluding carboxylic acids is 1. The predicted octanol–water partition coefficient (Wildman–Crippen LogP) is 0.605. The minimum atomic E-state index is -3.36. The second-order valence-corrected chi connectivity index (χ2v) is 12.5. The highest BCUT2D eigenvalue weighted by molar-refractivity contribution is 7.89. The normalized spacial score (nSPS) is 30.3. The number of aliphatic hydroxyl groups excluding tert-OH is 1. The van der Waals surface area contributed by atoms with Crippen LogP contribution in [-0.4, -0.2) is 108 Å². The standard InChI is InChI=1S/C23H37N5O5S/c1-26(8-10-29)20-6-7-27(15-20)9-11-34(31,32)28-18-4-5-19(28)13-17(12-18)24-23(30)21-14-22(33-25-21)16-2-3-16/h14,16-20,29H,2-13,15H2,1H3,(H,24,30)/t17?,18-,19+,20?. The van der Waals surface area contributed by atoms with E-state index >= 15 is 0 Å². The number of likely N-dealkylation sites (N-methyl/N-ethyl adjacent to an activating group) is 1. The summed E-state index contributed by atoms with van der Waals surface area (Å²) in [5, 5.41) is 16.1. The molecule has 1 aliphatic carbocycles. The number of hydrogen-bond donors (Lipinski definition) is 2. The highest BCUT2D eigenvalue weighted by Gasteiger charge is 2.47. The lowest BCUT2D eigenvalue weighted by atomic mass is 9.99. The smallest absolute Gasteiger partial charge is 0.273 e. The fraction of sp³-hybridized carbons (Fsp3) is 0.826. The van der Waals surface area contributed by atoms with Crippen molar-refractivity contribution in [3.05, 3.63) is 17.5 Å². The van der Waals surface area contributed by atoms with Crippen molar-refractivity contribution in [3.8, 4) is 0 Å². The second-order valence-electron chi connectivity index (χ2n) is 10.5. The van der Waals surface area contributed by atoms with E-state index in [-0.39, 0.29) is 36.4 Å². The highest BCUT2D eigenvalue weighted by atomic mass is 32.2. The Bertz CT molecular complexity index is 966. The second kappa shape index (κ2) is 9.85. The van der Waals surface area contributed by atoms with Crippen LogP contribution in [0.3, 0.4) is 0 Å². The number of nitrogens with one attached hydrogen (secondary N) is 1. The van der Waals surface area contributed by atoms with Crippen LogP contribution in [0.2, 0.25) is 0 Å². The molecule has 2 bridgehead atoms. The molecular formula is C23H37N5O5S. The van der Waals surface area contributed by atoms with Crippen molar-refractivity contribution < 1.29 is 22.8 Å². The maximum Gasteiger partial charge on any atom is 0.273 e. The Balaban J connectivity index is 1.12. The molecule has 1 aromatic heterocycles. The average Bonchev–Trinajstić information content (AvgIpc) is 3.21. The van der Waals surface area contributed by atoms with Gasteiger partial charge in [0.1, 0.15) is 5.76 Å². The Labute approximate surface area is 201 Å². The van der Waals surface area contributed by atoms with E-state index in [1.54, 1.807) is 10.4 Å². The number of aliphatic hydroxyl groups is 1. The Morgan fingerprint density at radius 3 is 2.65 bits per heavy atom. The van der Waals surface area contributed by atoms with Gasteiger partial charge < -0.3 is 19.8 Å². The van der Waals surface area contributed by atoms with E-state index in [2.05, 4.69) is 20.3 Å². The fourth-order valence-electron chi connectivity index (χ4n) is 5.99. The van der Waals surface area contributed by atoms with Gasteiger partial charge in [0.05, 0.1) is 12.4 Å². The van der Waals surface area contributed by atoms with E-state index in [1.807, 2.05) is 7.05 Å². The number of rotatable bonds is 10. The van der Waals surface area contributed by atoms with Crippen LogP contribution in [0.1, 0.15) is 67.1 Å². The minimum absolute atomic E-state index is 0.0427. The molecule has 2 unspecified atom stereocenters. The molecule has 4 aliphatic rings. The number of piperidine rings is 1. The lowest BCUT2D eigenvalue weighted by molar-refractivity contribution is 0.0900. The molecule has 5 rings (SSSR count). The first kappa shape index (κ1) is 24.2. The van der Waals surface area contributed by atoms with Crippen molar-refractivity contribution in [1.29, 1.82) is 0 Å². The van der Waals surface area contributed by atoms with Crippen LogP contribution in [0.4, 0.5) is 0 Å². The van der Waals surface area contributed by atoms with Gasteiger partial charge in [0.25, 0.3) is 5.91 Å². The molecule has 11 heteroatoms. The SMILES string of the molecule is CN(CCO)C1CCN(CCS(=O)(=O)N2[C@@H]3CC[C@H]2CC(NC(=O)c2cc(C4CC4)on2)C3)C1. The van der Waals surface area contributed by atoms with Crippen LogP contribution in [0.15, 0.2) is 10.6 Å². The number of amides is 1. The Morgan fingerprint density at radius 1 is 1.24 bits per heavy atom. The third-order valence-corrected chi connectivity index (χ3v) is 9.99. The summed E-state index contributed by atoms with van der Waals surface area (Å²) >= 11 is 0. The average molecular weight is 496 g/mol. The quantitative estimate of drug-likeness (QED) is 0.485. The zero-order chi connectivity index (χ0) is 23.9. The molecule has 4 heterocycles. The molecule has 10 nitrogen and oxygen atoms in total. The molecule has 190 valence electrons. The molecule has 1 aromatic rings. The van der Waals surface area contributed by atoms with Crippen molar-refractivity contribution >= 4 is 15.9 Å². The van der Waals surface area contributed by atoms with Gasteiger partial charge in [-0.2, -0.15) is 4.31 Å². The van der Waals surface area contributed by atoms with Crippen molar-refractivity contribution in [2.24, 2.45) is 0 Å². The number of likely N-dealkylation sites (tertiary alicyclic amines) is 1. The van der Waals surface area contributed by atoms with Crippen LogP contribution in [0, 0.1) is 0 Å². The minimum Gasteiger partial charge on any atom is -0.395 e. The van der Waals surface area contributed by atoms with E-state index in [4.69, 9.17) is 9.63 Å². The van der Waals surface area contributed by atoms with E-state index in [0.29, 0.717) is 43.6 Å². The summed E-state index contributed by atoms with van der Waals surface area (Å²) in [5.41, 5.74) is 0.317. The molecule has 0 spiro atoms. The van der Waals surface area contributed by atoms with Gasteiger partial charge in [0, 0.05) is 55.8 Å². The summed E-state index contributed by atoms with van der Waals surface area (Å²) in [6.07, 6.45) is 6.17. The van der Waals surface area contributed by atoms with E-state index < -0.39 is 10.0 Å². The zero-order valence-corrected chi connectivity index (χ0v) is 20.8. The summed E-state index contributed by atoms with van der Waals surface area (Å²) in [6.45, 7) is 3.06. The maximum absolute atomic E-state index is 13.3. The lowest BCUT2D eigenvalue weighted by Crippen LogP contribution is -2.53. The molecular weight excluding hydrogens is 458 g/mol. The van der Waals surface area contributed by atoms with Crippen molar-refractivity contribution in [2.75, 3.05) is 45.6 Å². The topological polar surface area (TPSA) is 119 Å². The van der Waals surface area contributed by atoms with Crippen LogP contribution in [-0.2, 0) is 10.0 Å². The fourth-order valence-corrected chi connectivity index (χ4v) is 7.98. The van der Waals surface area contributed by atoms with Gasteiger partial charge in [-0.15, -0.1) is 0 Å². The summed E-state index contributed by atoms with van der Waals surface area (Å²) in [5.74, 6) is 1.10. The third kappa shape index (κ3) is 5.18. The summed E-state index contributed by atoms with van der Waals surface area (Å²) in [4.78, 5) is 17.0. The monoisotopic (exact) mass is 495 g/mol. The maximum atomic E-state index is 13.3. The Morgan fingerprint density at radius 2 is 1.97 bits per heavy atom. The van der Waals surface area contributed by atoms with Gasteiger partial charge in [-0.25, -0.2) is 8.42 Å². The molecule has 4 atom stereocenters. The third-order valence-electron chi connectivity index (χ3n) is 8.05. The Kier molecular flexibility index (Phi) is 7.00. The zero-order valence-electron chi connectivity index (χ0n) is 19.9. The van der Waals surface area contributed by atoms with Crippen LogP contribution in [0.5, 0.6) is 0 Å². The molecule has 0 radical (unpaired) electrons. The molecule has 0 aromatic carbocycles. The van der Waals surface area contributed by atoms with E-state index in [0.717, 1.165) is 51.0 Å². The number of nitrogens with zero attached hydrogens (tertiary/aromatic N) is 4. The van der Waals surface area contributed by atoms with Crippen LogP contribution >= 0.6 is 0 Å². The number of sulfonamides is 1. The van der Waals surface area contributed by atoms with Gasteiger partial charge in [-0.3, -0.25) is 9.69 Å². The highest BCUT2D eigenvalue weighted by Crippen LogP contribution is 2.40. The number of hydrogen-bond acceptors (Lipinski definition) is 8. The van der Waals surface area contributed by atoms with Crippen molar-refractivity contribution in [2.45, 2.75) is 75.0 Å². The lowest BCUT2D eigenvalue weighted by Gasteiger charge is -2.38. The summed E-state index contributed by atoms with van der Waals surface area (Å²) in [6, 6.07) is 1.98. The Hall–Kier alpha value is -1.53. The predicted molar refractivity (Wildman–Crippen MR) is 126 cm³/mol. The molecule has 3 saturated heterocycles. The first-order valence-corrected chi connectivity index (χ1v) is 14.3. The van der Waals surface area contributed by atoms with Crippen LogP contribution < -0.4 is 5.32 Å². The molecule has 1 amide bonds. The first-order valence-electron chi connectivity index (χ1n) is 12.7. The van der Waals surface area contributed by atoms with Gasteiger partial charge >= 0.3 is 0 Å². The first-order chi connectivity index (χ1) is 16.3. The van der Waals surface area contributed by atoms with Crippen molar-refractivity contribution in [3.63, 3.8) is 0 Å². The van der Waals surface area contributed by atoms with Gasteiger partial charge in [-0.1, -0.05) is 5.16 Å². The summed E-state index contributed by atoms with van der Waals surface area (Å²) in [7, 11) is -1.35. The number of carbonyl (C=O) groups is 1. The van der Waals surface area contributed by atoms with Gasteiger partial charge in [0.2, 0.25) is 10.0 Å². The molecule has 1 saturated carbocycles. The molecule has 34 heavy (non-hydrogen) atoms. The van der Waals surface area contributed by atoms with Gasteiger partial charge in [-0.05, 0) is 58.5 Å². The molecule has 3 aliphatic heterocycles. The van der Waals surface area contributed by atoms with E-state index in [1.165, 1.54) is 0 Å². The molecule has 2 N–H and O–H groups in total. The van der Waals surface area contributed by atoms with Crippen LogP contribution in [0.25, 0.3) is 0 Å². The van der Waals surface area contributed by atoms with E-state index in [9.17, 15) is 13.2 Å². The summed E-state index contributed by atoms with van der Waals surface area (Å²) < 4.78 is 33.6. The largest absolute Gasteiger partial charge is 0.395 e. The number of aromatic nitrogens is 1.